The van der Waals surface area contributed by atoms with Gasteiger partial charge in [-0.3, -0.25) is 0 Å². The van der Waals surface area contributed by atoms with Crippen LogP contribution in [0.15, 0.2) is 29.3 Å². The summed E-state index contributed by atoms with van der Waals surface area (Å²) in [4.78, 5) is 3.04. The Bertz CT molecular complexity index is 767. The number of nitrogens with two attached hydrogens (primary N) is 1. The molecule has 2 aromatic rings. The lowest BCUT2D eigenvalue weighted by Crippen LogP contribution is -2.41. The average Bonchev–Trinajstić information content (AvgIpc) is 2.71. The first-order valence-electron chi connectivity index (χ1n) is 5.63. The first-order chi connectivity index (χ1) is 8.75. The highest BCUT2D eigenvalue weighted by atomic mass is 32.2. The Labute approximate surface area is 112 Å². The fourth-order valence-corrected chi connectivity index (χ4v) is 3.27. The number of anilines is 1. The topological polar surface area (TPSA) is 88.0 Å². The zero-order valence-corrected chi connectivity index (χ0v) is 11.5. The number of rotatable bonds is 3. The van der Waals surface area contributed by atoms with Crippen LogP contribution in [0.4, 0.5) is 5.69 Å². The molecule has 19 heavy (non-hydrogen) atoms. The Morgan fingerprint density at radius 1 is 1.42 bits per heavy atom. The van der Waals surface area contributed by atoms with Crippen LogP contribution < -0.4 is 10.5 Å². The highest BCUT2D eigenvalue weighted by Gasteiger charge is 2.26. The number of nitrogen functional groups attached to an aromatic ring is 1. The van der Waals surface area contributed by atoms with Gasteiger partial charge < -0.3 is 10.7 Å². The fourth-order valence-electron chi connectivity index (χ4n) is 1.76. The molecule has 0 aliphatic carbocycles. The summed E-state index contributed by atoms with van der Waals surface area (Å²) < 4.78 is 27.1. The quantitative estimate of drug-likeness (QED) is 0.586. The number of aromatic amines is 1. The second-order valence-electron chi connectivity index (χ2n) is 4.83. The first kappa shape index (κ1) is 13.5. The SMILES string of the molecule is C#CC(C)(C)NS(=O)(=O)c1c[nH]c2ccc(N)cc12. The van der Waals surface area contributed by atoms with E-state index in [9.17, 15) is 8.42 Å². The second kappa shape index (κ2) is 4.30. The molecule has 0 fully saturated rings. The molecule has 0 aliphatic heterocycles. The molecule has 0 bridgehead atoms. The molecule has 2 rings (SSSR count). The van der Waals surface area contributed by atoms with Gasteiger partial charge in [-0.1, -0.05) is 5.92 Å². The molecule has 6 heteroatoms. The Kier molecular flexibility index (Phi) is 3.04. The lowest BCUT2D eigenvalue weighted by molar-refractivity contribution is 0.540. The van der Waals surface area contributed by atoms with Crippen molar-refractivity contribution in [1.82, 2.24) is 9.71 Å². The summed E-state index contributed by atoms with van der Waals surface area (Å²) in [5.41, 5.74) is 5.93. The van der Waals surface area contributed by atoms with Gasteiger partial charge in [0.2, 0.25) is 10.0 Å². The van der Waals surface area contributed by atoms with Crippen LogP contribution in [0.3, 0.4) is 0 Å². The second-order valence-corrected chi connectivity index (χ2v) is 6.48. The Morgan fingerprint density at radius 3 is 2.74 bits per heavy atom. The molecule has 0 unspecified atom stereocenters. The van der Waals surface area contributed by atoms with Gasteiger partial charge in [-0.2, -0.15) is 4.72 Å². The van der Waals surface area contributed by atoms with E-state index in [4.69, 9.17) is 12.2 Å². The van der Waals surface area contributed by atoms with Crippen molar-refractivity contribution < 1.29 is 8.42 Å². The summed E-state index contributed by atoms with van der Waals surface area (Å²) in [6, 6.07) is 5.05. The van der Waals surface area contributed by atoms with Crippen molar-refractivity contribution in [1.29, 1.82) is 0 Å². The van der Waals surface area contributed by atoms with Crippen molar-refractivity contribution in [2.45, 2.75) is 24.3 Å². The molecule has 0 aliphatic rings. The van der Waals surface area contributed by atoms with Crippen LogP contribution in [0.2, 0.25) is 0 Å². The van der Waals surface area contributed by atoms with E-state index in [0.717, 1.165) is 0 Å². The standard InChI is InChI=1S/C13H15N3O2S/c1-4-13(2,3)16-19(17,18)12-8-15-11-6-5-9(14)7-10(11)12/h1,5-8,15-16H,14H2,2-3H3. The molecular weight excluding hydrogens is 262 g/mol. The molecule has 0 saturated heterocycles. The minimum absolute atomic E-state index is 0.137. The van der Waals surface area contributed by atoms with Crippen LogP contribution in [0.25, 0.3) is 10.9 Å². The van der Waals surface area contributed by atoms with Crippen molar-refractivity contribution in [3.63, 3.8) is 0 Å². The molecule has 1 aromatic heterocycles. The van der Waals surface area contributed by atoms with Gasteiger partial charge in [-0.15, -0.1) is 6.42 Å². The normalized spacial score (nSPS) is 12.5. The van der Waals surface area contributed by atoms with E-state index in [1.807, 2.05) is 0 Å². The zero-order chi connectivity index (χ0) is 14.3. The van der Waals surface area contributed by atoms with E-state index in [1.54, 1.807) is 32.0 Å². The fraction of sp³-hybridized carbons (Fsp3) is 0.231. The molecule has 0 amide bonds. The molecule has 1 heterocycles. The van der Waals surface area contributed by atoms with Crippen molar-refractivity contribution >= 4 is 26.6 Å². The van der Waals surface area contributed by atoms with Gasteiger partial charge in [0.25, 0.3) is 0 Å². The van der Waals surface area contributed by atoms with Crippen molar-refractivity contribution in [3.05, 3.63) is 24.4 Å². The zero-order valence-electron chi connectivity index (χ0n) is 10.7. The number of sulfonamides is 1. The summed E-state index contributed by atoms with van der Waals surface area (Å²) >= 11 is 0. The number of fused-ring (bicyclic) bond motifs is 1. The molecule has 0 atom stereocenters. The number of benzene rings is 1. The number of nitrogens with one attached hydrogen (secondary N) is 2. The smallest absolute Gasteiger partial charge is 0.243 e. The van der Waals surface area contributed by atoms with E-state index < -0.39 is 15.6 Å². The molecule has 5 nitrogen and oxygen atoms in total. The summed E-state index contributed by atoms with van der Waals surface area (Å²) in [6.07, 6.45) is 6.73. The summed E-state index contributed by atoms with van der Waals surface area (Å²) in [6.45, 7) is 3.24. The van der Waals surface area contributed by atoms with Gasteiger partial charge in [0.05, 0.1) is 5.54 Å². The molecule has 100 valence electrons. The van der Waals surface area contributed by atoms with Crippen molar-refractivity contribution in [3.8, 4) is 12.3 Å². The minimum atomic E-state index is -3.71. The van der Waals surface area contributed by atoms with E-state index in [0.29, 0.717) is 16.6 Å². The Morgan fingerprint density at radius 2 is 2.11 bits per heavy atom. The number of aromatic nitrogens is 1. The predicted molar refractivity (Wildman–Crippen MR) is 75.9 cm³/mol. The molecular formula is C13H15N3O2S. The van der Waals surface area contributed by atoms with Crippen LogP contribution in [0.5, 0.6) is 0 Å². The maximum Gasteiger partial charge on any atom is 0.243 e. The largest absolute Gasteiger partial charge is 0.399 e. The third kappa shape index (κ3) is 2.57. The number of hydrogen-bond acceptors (Lipinski definition) is 3. The highest BCUT2D eigenvalue weighted by molar-refractivity contribution is 7.89. The van der Waals surface area contributed by atoms with Crippen LogP contribution in [0.1, 0.15) is 13.8 Å². The van der Waals surface area contributed by atoms with Crippen molar-refractivity contribution in [2.75, 3.05) is 5.73 Å². The van der Waals surface area contributed by atoms with Gasteiger partial charge in [-0.25, -0.2) is 8.42 Å². The maximum absolute atomic E-state index is 12.3. The van der Waals surface area contributed by atoms with Crippen LogP contribution >= 0.6 is 0 Å². The molecule has 4 N–H and O–H groups in total. The van der Waals surface area contributed by atoms with Gasteiger partial charge in [0.1, 0.15) is 4.90 Å². The summed E-state index contributed by atoms with van der Waals surface area (Å²) in [7, 11) is -3.71. The monoisotopic (exact) mass is 277 g/mol. The van der Waals surface area contributed by atoms with Gasteiger partial charge >= 0.3 is 0 Å². The molecule has 0 saturated carbocycles. The minimum Gasteiger partial charge on any atom is -0.399 e. The summed E-state index contributed by atoms with van der Waals surface area (Å²) in [5.74, 6) is 2.39. The maximum atomic E-state index is 12.3. The van der Waals surface area contributed by atoms with Gasteiger partial charge in [0.15, 0.2) is 0 Å². The van der Waals surface area contributed by atoms with Crippen molar-refractivity contribution in [2.24, 2.45) is 0 Å². The van der Waals surface area contributed by atoms with E-state index in [1.165, 1.54) is 6.20 Å². The summed E-state index contributed by atoms with van der Waals surface area (Å²) in [5, 5.41) is 0.542. The van der Waals surface area contributed by atoms with Gasteiger partial charge in [-0.05, 0) is 32.0 Å². The van der Waals surface area contributed by atoms with E-state index in [-0.39, 0.29) is 4.90 Å². The first-order valence-corrected chi connectivity index (χ1v) is 7.12. The lowest BCUT2D eigenvalue weighted by Gasteiger charge is -2.19. The van der Waals surface area contributed by atoms with Crippen LogP contribution in [-0.2, 0) is 10.0 Å². The Balaban J connectivity index is 2.56. The lowest BCUT2D eigenvalue weighted by atomic mass is 10.1. The number of hydrogen-bond donors (Lipinski definition) is 3. The third-order valence-electron chi connectivity index (χ3n) is 2.71. The number of terminal acetylenes is 1. The highest BCUT2D eigenvalue weighted by Crippen LogP contribution is 2.25. The van der Waals surface area contributed by atoms with Crippen LogP contribution in [-0.4, -0.2) is 18.9 Å². The molecule has 1 aromatic carbocycles. The Hall–Kier alpha value is -1.97. The molecule has 0 spiro atoms. The van der Waals surface area contributed by atoms with E-state index in [2.05, 4.69) is 15.6 Å². The predicted octanol–water partition coefficient (Wildman–Crippen LogP) is 1.44. The third-order valence-corrected chi connectivity index (χ3v) is 4.40. The van der Waals surface area contributed by atoms with Crippen LogP contribution in [0, 0.1) is 12.3 Å². The number of H-pyrrole nitrogens is 1. The average molecular weight is 277 g/mol. The molecule has 0 radical (unpaired) electrons. The van der Waals surface area contributed by atoms with Gasteiger partial charge in [0, 0.05) is 22.8 Å². The van der Waals surface area contributed by atoms with E-state index >= 15 is 0 Å².